The fourth-order valence-electron chi connectivity index (χ4n) is 3.52. The average Bonchev–Trinajstić information content (AvgIpc) is 3.33. The van der Waals surface area contributed by atoms with Crippen molar-refractivity contribution in [2.24, 2.45) is 0 Å². The summed E-state index contributed by atoms with van der Waals surface area (Å²) >= 11 is 0. The van der Waals surface area contributed by atoms with Gasteiger partial charge in [0.15, 0.2) is 0 Å². The Labute approximate surface area is 154 Å². The van der Waals surface area contributed by atoms with E-state index in [-0.39, 0.29) is 0 Å². The Morgan fingerprint density at radius 2 is 1.62 bits per heavy atom. The predicted molar refractivity (Wildman–Crippen MR) is 105 cm³/mol. The maximum absolute atomic E-state index is 6.01. The molecule has 1 aromatic carbocycles. The third-order valence-electron chi connectivity index (χ3n) is 5.04. The van der Waals surface area contributed by atoms with Crippen LogP contribution in [-0.2, 0) is 0 Å². The SMILES string of the molecule is Cc1[nH]c(-c2ccc(-c3ccncc3)cc2)cc1OCCN1CCCC1. The standard InChI is InChI=1S/C22H25N3O/c1-17-22(26-15-14-25-12-2-3-13-25)16-21(24-17)20-6-4-18(5-7-20)19-8-10-23-11-9-19/h4-11,16,24H,2-3,12-15H2,1H3. The Bertz CT molecular complexity index is 834. The number of ether oxygens (including phenoxy) is 1. The quantitative estimate of drug-likeness (QED) is 0.712. The number of benzene rings is 1. The zero-order valence-corrected chi connectivity index (χ0v) is 15.2. The maximum Gasteiger partial charge on any atom is 0.140 e. The number of aromatic nitrogens is 2. The zero-order chi connectivity index (χ0) is 17.8. The van der Waals surface area contributed by atoms with Gasteiger partial charge in [0, 0.05) is 30.7 Å². The first-order valence-corrected chi connectivity index (χ1v) is 9.35. The number of aryl methyl sites for hydroxylation is 1. The van der Waals surface area contributed by atoms with Crippen LogP contribution in [0.15, 0.2) is 54.9 Å². The molecule has 1 aliphatic heterocycles. The lowest BCUT2D eigenvalue weighted by Crippen LogP contribution is -2.25. The van der Waals surface area contributed by atoms with Crippen LogP contribution >= 0.6 is 0 Å². The van der Waals surface area contributed by atoms with Crippen LogP contribution in [0.25, 0.3) is 22.4 Å². The van der Waals surface area contributed by atoms with Crippen molar-refractivity contribution in [3.63, 3.8) is 0 Å². The van der Waals surface area contributed by atoms with Crippen molar-refractivity contribution in [1.29, 1.82) is 0 Å². The molecule has 0 amide bonds. The number of H-pyrrole nitrogens is 1. The summed E-state index contributed by atoms with van der Waals surface area (Å²) in [5.74, 6) is 0.956. The molecule has 4 heteroatoms. The predicted octanol–water partition coefficient (Wildman–Crippen LogP) is 4.53. The first-order chi connectivity index (χ1) is 12.8. The fourth-order valence-corrected chi connectivity index (χ4v) is 3.52. The van der Waals surface area contributed by atoms with E-state index in [1.54, 1.807) is 0 Å². The Morgan fingerprint density at radius 1 is 0.962 bits per heavy atom. The van der Waals surface area contributed by atoms with Crippen LogP contribution in [0.5, 0.6) is 5.75 Å². The van der Waals surface area contributed by atoms with Gasteiger partial charge in [-0.15, -0.1) is 0 Å². The number of nitrogens with one attached hydrogen (secondary N) is 1. The highest BCUT2D eigenvalue weighted by molar-refractivity contribution is 5.69. The number of rotatable bonds is 6. The second-order valence-corrected chi connectivity index (χ2v) is 6.88. The first-order valence-electron chi connectivity index (χ1n) is 9.35. The van der Waals surface area contributed by atoms with Crippen molar-refractivity contribution < 1.29 is 4.74 Å². The lowest BCUT2D eigenvalue weighted by Gasteiger charge is -2.14. The molecule has 0 bridgehead atoms. The van der Waals surface area contributed by atoms with Gasteiger partial charge in [0.2, 0.25) is 0 Å². The molecule has 0 aliphatic carbocycles. The molecule has 0 atom stereocenters. The summed E-state index contributed by atoms with van der Waals surface area (Å²) in [5.41, 5.74) is 5.72. The van der Waals surface area contributed by atoms with E-state index in [0.717, 1.165) is 30.3 Å². The lowest BCUT2D eigenvalue weighted by molar-refractivity contribution is 0.237. The molecule has 0 spiro atoms. The van der Waals surface area contributed by atoms with Crippen molar-refractivity contribution in [2.45, 2.75) is 19.8 Å². The molecule has 0 radical (unpaired) electrons. The topological polar surface area (TPSA) is 41.1 Å². The smallest absolute Gasteiger partial charge is 0.140 e. The maximum atomic E-state index is 6.01. The van der Waals surface area contributed by atoms with Gasteiger partial charge < -0.3 is 9.72 Å². The summed E-state index contributed by atoms with van der Waals surface area (Å²) in [6.45, 7) is 6.26. The van der Waals surface area contributed by atoms with E-state index in [2.05, 4.69) is 52.1 Å². The van der Waals surface area contributed by atoms with Crippen molar-refractivity contribution in [1.82, 2.24) is 14.9 Å². The van der Waals surface area contributed by atoms with Gasteiger partial charge in [0.1, 0.15) is 12.4 Å². The Hall–Kier alpha value is -2.59. The van der Waals surface area contributed by atoms with Crippen molar-refractivity contribution in [2.75, 3.05) is 26.2 Å². The van der Waals surface area contributed by atoms with Gasteiger partial charge >= 0.3 is 0 Å². The highest BCUT2D eigenvalue weighted by Crippen LogP contribution is 2.29. The van der Waals surface area contributed by atoms with Crippen LogP contribution in [0.1, 0.15) is 18.5 Å². The first kappa shape index (κ1) is 16.9. The molecule has 1 saturated heterocycles. The number of hydrogen-bond donors (Lipinski definition) is 1. The average molecular weight is 347 g/mol. The number of hydrogen-bond acceptors (Lipinski definition) is 3. The Balaban J connectivity index is 1.43. The normalized spacial score (nSPS) is 14.7. The monoisotopic (exact) mass is 347 g/mol. The molecule has 4 rings (SSSR count). The van der Waals surface area contributed by atoms with Gasteiger partial charge in [-0.1, -0.05) is 24.3 Å². The highest BCUT2D eigenvalue weighted by Gasteiger charge is 2.12. The molecule has 26 heavy (non-hydrogen) atoms. The minimum absolute atomic E-state index is 0.749. The van der Waals surface area contributed by atoms with Gasteiger partial charge in [-0.25, -0.2) is 0 Å². The van der Waals surface area contributed by atoms with Gasteiger partial charge in [0.25, 0.3) is 0 Å². The Kier molecular flexibility index (Phi) is 5.02. The minimum atomic E-state index is 0.749. The number of nitrogens with zero attached hydrogens (tertiary/aromatic N) is 2. The molecule has 1 N–H and O–H groups in total. The number of pyridine rings is 1. The molecule has 4 nitrogen and oxygen atoms in total. The third-order valence-corrected chi connectivity index (χ3v) is 5.04. The summed E-state index contributed by atoms with van der Waals surface area (Å²) in [6, 6.07) is 14.8. The van der Waals surface area contributed by atoms with Crippen LogP contribution in [0.4, 0.5) is 0 Å². The molecule has 134 valence electrons. The van der Waals surface area contributed by atoms with Crippen LogP contribution in [0.3, 0.4) is 0 Å². The van der Waals surface area contributed by atoms with E-state index in [1.807, 2.05) is 24.5 Å². The second-order valence-electron chi connectivity index (χ2n) is 6.88. The van der Waals surface area contributed by atoms with Crippen LogP contribution < -0.4 is 4.74 Å². The van der Waals surface area contributed by atoms with Crippen molar-refractivity contribution >= 4 is 0 Å². The molecule has 3 aromatic rings. The molecular formula is C22H25N3O. The summed E-state index contributed by atoms with van der Waals surface area (Å²) in [6.07, 6.45) is 6.29. The van der Waals surface area contributed by atoms with E-state index in [1.165, 1.54) is 42.6 Å². The lowest BCUT2D eigenvalue weighted by atomic mass is 10.0. The van der Waals surface area contributed by atoms with E-state index in [4.69, 9.17) is 4.74 Å². The van der Waals surface area contributed by atoms with E-state index >= 15 is 0 Å². The molecule has 0 saturated carbocycles. The van der Waals surface area contributed by atoms with Crippen molar-refractivity contribution in [3.8, 4) is 28.1 Å². The number of aromatic amines is 1. The van der Waals surface area contributed by atoms with Gasteiger partial charge in [-0.3, -0.25) is 9.88 Å². The molecular weight excluding hydrogens is 322 g/mol. The summed E-state index contributed by atoms with van der Waals surface area (Å²) in [4.78, 5) is 10.00. The molecule has 0 unspecified atom stereocenters. The van der Waals surface area contributed by atoms with Crippen LogP contribution in [0.2, 0.25) is 0 Å². The summed E-state index contributed by atoms with van der Waals surface area (Å²) in [7, 11) is 0. The summed E-state index contributed by atoms with van der Waals surface area (Å²) < 4.78 is 6.01. The van der Waals surface area contributed by atoms with Gasteiger partial charge in [0.05, 0.1) is 5.69 Å². The van der Waals surface area contributed by atoms with Crippen LogP contribution in [0, 0.1) is 6.92 Å². The van der Waals surface area contributed by atoms with Crippen molar-refractivity contribution in [3.05, 3.63) is 60.6 Å². The fraction of sp³-hybridized carbons (Fsp3) is 0.318. The largest absolute Gasteiger partial charge is 0.490 e. The molecule has 1 aliphatic rings. The van der Waals surface area contributed by atoms with E-state index in [9.17, 15) is 0 Å². The Morgan fingerprint density at radius 3 is 2.35 bits per heavy atom. The summed E-state index contributed by atoms with van der Waals surface area (Å²) in [5, 5.41) is 0. The third kappa shape index (κ3) is 3.81. The van der Waals surface area contributed by atoms with Gasteiger partial charge in [-0.2, -0.15) is 0 Å². The van der Waals surface area contributed by atoms with E-state index < -0.39 is 0 Å². The molecule has 2 aromatic heterocycles. The molecule has 3 heterocycles. The van der Waals surface area contributed by atoms with Crippen LogP contribution in [-0.4, -0.2) is 41.1 Å². The second kappa shape index (κ2) is 7.75. The highest BCUT2D eigenvalue weighted by atomic mass is 16.5. The zero-order valence-electron chi connectivity index (χ0n) is 15.2. The van der Waals surface area contributed by atoms with Gasteiger partial charge in [-0.05, 0) is 61.7 Å². The number of likely N-dealkylation sites (tertiary alicyclic amines) is 1. The minimum Gasteiger partial charge on any atom is -0.490 e. The van der Waals surface area contributed by atoms with E-state index in [0.29, 0.717) is 0 Å². The molecule has 1 fully saturated rings.